The summed E-state index contributed by atoms with van der Waals surface area (Å²) in [6.45, 7) is 0.721. The molecule has 0 amide bonds. The van der Waals surface area contributed by atoms with E-state index in [1.165, 1.54) is 16.3 Å². The van der Waals surface area contributed by atoms with Crippen molar-refractivity contribution in [3.63, 3.8) is 0 Å². The Hall–Kier alpha value is -2.68. The summed E-state index contributed by atoms with van der Waals surface area (Å²) < 4.78 is 5.24. The zero-order valence-corrected chi connectivity index (χ0v) is 12.0. The van der Waals surface area contributed by atoms with E-state index in [2.05, 4.69) is 47.8 Å². The lowest BCUT2D eigenvalue weighted by Gasteiger charge is -2.12. The minimum atomic E-state index is 0.719. The van der Waals surface area contributed by atoms with Crippen LogP contribution < -0.4 is 15.8 Å². The van der Waals surface area contributed by atoms with Crippen LogP contribution in [-0.2, 0) is 6.54 Å². The molecule has 3 nitrogen and oxygen atoms in total. The van der Waals surface area contributed by atoms with Gasteiger partial charge in [-0.2, -0.15) is 0 Å². The third-order valence-corrected chi connectivity index (χ3v) is 3.61. The predicted molar refractivity (Wildman–Crippen MR) is 88.7 cm³/mol. The van der Waals surface area contributed by atoms with Gasteiger partial charge in [-0.3, -0.25) is 0 Å². The van der Waals surface area contributed by atoms with Crippen molar-refractivity contribution in [2.75, 3.05) is 18.2 Å². The van der Waals surface area contributed by atoms with Crippen molar-refractivity contribution in [2.24, 2.45) is 0 Å². The molecule has 0 aliphatic heterocycles. The SMILES string of the molecule is COc1ccc(N)c(NCc2cccc3ccccc23)c1. The average molecular weight is 278 g/mol. The number of nitrogens with two attached hydrogens (primary N) is 1. The second-order valence-electron chi connectivity index (χ2n) is 4.95. The van der Waals surface area contributed by atoms with Crippen molar-refractivity contribution in [2.45, 2.75) is 6.54 Å². The van der Waals surface area contributed by atoms with E-state index in [9.17, 15) is 0 Å². The van der Waals surface area contributed by atoms with E-state index in [-0.39, 0.29) is 0 Å². The van der Waals surface area contributed by atoms with Crippen LogP contribution in [0, 0.1) is 0 Å². The van der Waals surface area contributed by atoms with E-state index in [4.69, 9.17) is 10.5 Å². The molecule has 0 bridgehead atoms. The average Bonchev–Trinajstić information content (AvgIpc) is 2.54. The highest BCUT2D eigenvalue weighted by molar-refractivity contribution is 5.86. The van der Waals surface area contributed by atoms with Crippen LogP contribution in [0.15, 0.2) is 60.7 Å². The lowest BCUT2D eigenvalue weighted by Crippen LogP contribution is -2.03. The summed E-state index contributed by atoms with van der Waals surface area (Å²) in [5, 5.41) is 5.90. The van der Waals surface area contributed by atoms with E-state index >= 15 is 0 Å². The summed E-state index contributed by atoms with van der Waals surface area (Å²) >= 11 is 0. The highest BCUT2D eigenvalue weighted by atomic mass is 16.5. The van der Waals surface area contributed by atoms with Crippen LogP contribution in [0.2, 0.25) is 0 Å². The van der Waals surface area contributed by atoms with Crippen molar-refractivity contribution < 1.29 is 4.74 Å². The summed E-state index contributed by atoms with van der Waals surface area (Å²) in [5.41, 5.74) is 8.86. The summed E-state index contributed by atoms with van der Waals surface area (Å²) in [6.07, 6.45) is 0. The number of methoxy groups -OCH3 is 1. The number of hydrogen-bond acceptors (Lipinski definition) is 3. The lowest BCUT2D eigenvalue weighted by molar-refractivity contribution is 0.415. The van der Waals surface area contributed by atoms with Gasteiger partial charge < -0.3 is 15.8 Å². The summed E-state index contributed by atoms with van der Waals surface area (Å²) in [5.74, 6) is 0.796. The van der Waals surface area contributed by atoms with Crippen molar-refractivity contribution in [3.05, 3.63) is 66.2 Å². The van der Waals surface area contributed by atoms with Gasteiger partial charge >= 0.3 is 0 Å². The van der Waals surface area contributed by atoms with Gasteiger partial charge in [0.25, 0.3) is 0 Å². The number of benzene rings is 3. The van der Waals surface area contributed by atoms with Crippen LogP contribution in [0.25, 0.3) is 10.8 Å². The number of nitrogens with one attached hydrogen (secondary N) is 1. The zero-order chi connectivity index (χ0) is 14.7. The second-order valence-corrected chi connectivity index (χ2v) is 4.95. The van der Waals surface area contributed by atoms with Gasteiger partial charge in [0.15, 0.2) is 0 Å². The van der Waals surface area contributed by atoms with Crippen molar-refractivity contribution in [1.82, 2.24) is 0 Å². The Balaban J connectivity index is 1.87. The Morgan fingerprint density at radius 2 is 1.81 bits per heavy atom. The maximum absolute atomic E-state index is 6.00. The largest absolute Gasteiger partial charge is 0.497 e. The molecule has 0 aliphatic rings. The normalized spacial score (nSPS) is 10.5. The topological polar surface area (TPSA) is 47.3 Å². The number of rotatable bonds is 4. The van der Waals surface area contributed by atoms with Crippen molar-refractivity contribution >= 4 is 22.1 Å². The molecule has 3 heteroatoms. The third-order valence-electron chi connectivity index (χ3n) is 3.61. The van der Waals surface area contributed by atoms with Crippen LogP contribution in [0.5, 0.6) is 5.75 Å². The molecule has 0 heterocycles. The molecule has 3 aromatic rings. The number of nitrogen functional groups attached to an aromatic ring is 1. The standard InChI is InChI=1S/C18H18N2O/c1-21-15-9-10-17(19)18(11-15)20-12-14-7-4-6-13-5-2-3-8-16(13)14/h2-11,20H,12,19H2,1H3. The Bertz CT molecular complexity index is 763. The first-order chi connectivity index (χ1) is 10.3. The molecular weight excluding hydrogens is 260 g/mol. The smallest absolute Gasteiger partial charge is 0.121 e. The second kappa shape index (κ2) is 5.75. The minimum Gasteiger partial charge on any atom is -0.497 e. The van der Waals surface area contributed by atoms with Gasteiger partial charge in [-0.05, 0) is 28.5 Å². The van der Waals surface area contributed by atoms with Crippen LogP contribution in [0.4, 0.5) is 11.4 Å². The van der Waals surface area contributed by atoms with Crippen LogP contribution in [0.3, 0.4) is 0 Å². The summed E-state index contributed by atoms with van der Waals surface area (Å²) in [7, 11) is 1.65. The van der Waals surface area contributed by atoms with Crippen molar-refractivity contribution in [1.29, 1.82) is 0 Å². The molecule has 0 spiro atoms. The number of ether oxygens (including phenoxy) is 1. The van der Waals surface area contributed by atoms with E-state index in [0.717, 1.165) is 23.7 Å². The first kappa shape index (κ1) is 13.3. The van der Waals surface area contributed by atoms with Gasteiger partial charge in [-0.15, -0.1) is 0 Å². The van der Waals surface area contributed by atoms with Gasteiger partial charge in [0, 0.05) is 12.6 Å². The molecule has 3 rings (SSSR count). The maximum Gasteiger partial charge on any atom is 0.121 e. The molecule has 106 valence electrons. The van der Waals surface area contributed by atoms with Gasteiger partial charge in [-0.25, -0.2) is 0 Å². The minimum absolute atomic E-state index is 0.719. The van der Waals surface area contributed by atoms with E-state index in [1.54, 1.807) is 7.11 Å². The van der Waals surface area contributed by atoms with Gasteiger partial charge in [-0.1, -0.05) is 42.5 Å². The highest BCUT2D eigenvalue weighted by Gasteiger charge is 2.03. The molecule has 0 atom stereocenters. The lowest BCUT2D eigenvalue weighted by atomic mass is 10.0. The fourth-order valence-corrected chi connectivity index (χ4v) is 2.45. The molecule has 3 aromatic carbocycles. The summed E-state index contributed by atoms with van der Waals surface area (Å²) in [4.78, 5) is 0. The first-order valence-electron chi connectivity index (χ1n) is 6.92. The van der Waals surface area contributed by atoms with Gasteiger partial charge in [0.2, 0.25) is 0 Å². The van der Waals surface area contributed by atoms with Crippen molar-refractivity contribution in [3.8, 4) is 5.75 Å². The maximum atomic E-state index is 6.00. The van der Waals surface area contributed by atoms with E-state index in [1.807, 2.05) is 18.2 Å². The van der Waals surface area contributed by atoms with Gasteiger partial charge in [0.1, 0.15) is 5.75 Å². The van der Waals surface area contributed by atoms with Gasteiger partial charge in [0.05, 0.1) is 18.5 Å². The molecular formula is C18H18N2O. The predicted octanol–water partition coefficient (Wildman–Crippen LogP) is 4.04. The Morgan fingerprint density at radius 3 is 2.67 bits per heavy atom. The van der Waals surface area contributed by atoms with E-state index in [0.29, 0.717) is 0 Å². The monoisotopic (exact) mass is 278 g/mol. The Morgan fingerprint density at radius 1 is 1.00 bits per heavy atom. The molecule has 0 aromatic heterocycles. The Kier molecular flexibility index (Phi) is 3.65. The molecule has 0 saturated heterocycles. The van der Waals surface area contributed by atoms with Crippen LogP contribution >= 0.6 is 0 Å². The highest BCUT2D eigenvalue weighted by Crippen LogP contribution is 2.26. The zero-order valence-electron chi connectivity index (χ0n) is 12.0. The van der Waals surface area contributed by atoms with Crippen LogP contribution in [0.1, 0.15) is 5.56 Å². The molecule has 3 N–H and O–H groups in total. The number of fused-ring (bicyclic) bond motifs is 1. The molecule has 0 saturated carbocycles. The molecule has 0 fully saturated rings. The fourth-order valence-electron chi connectivity index (χ4n) is 2.45. The molecule has 0 aliphatic carbocycles. The molecule has 0 radical (unpaired) electrons. The Labute approximate surface area is 124 Å². The summed E-state index contributed by atoms with van der Waals surface area (Å²) in [6, 6.07) is 20.3. The number of hydrogen-bond donors (Lipinski definition) is 2. The van der Waals surface area contributed by atoms with Crippen LogP contribution in [-0.4, -0.2) is 7.11 Å². The molecule has 0 unspecified atom stereocenters. The number of anilines is 2. The third kappa shape index (κ3) is 2.77. The quantitative estimate of drug-likeness (QED) is 0.708. The molecule has 21 heavy (non-hydrogen) atoms. The first-order valence-corrected chi connectivity index (χ1v) is 6.92. The fraction of sp³-hybridized carbons (Fsp3) is 0.111. The van der Waals surface area contributed by atoms with E-state index < -0.39 is 0 Å².